The summed E-state index contributed by atoms with van der Waals surface area (Å²) in [6.45, 7) is 0.871. The number of aromatic nitrogens is 1. The molecule has 0 bridgehead atoms. The van der Waals surface area contributed by atoms with E-state index >= 15 is 0 Å². The molecule has 2 rings (SSSR count). The molecule has 0 amide bonds. The van der Waals surface area contributed by atoms with Crippen molar-refractivity contribution >= 4 is 5.69 Å². The van der Waals surface area contributed by atoms with Crippen LogP contribution in [0, 0.1) is 29.4 Å². The lowest BCUT2D eigenvalue weighted by molar-refractivity contribution is 0.133. The van der Waals surface area contributed by atoms with Crippen LogP contribution in [0.2, 0.25) is 0 Å². The number of nitrogens with one attached hydrogen (secondary N) is 1. The molecule has 100 valence electrons. The maximum absolute atomic E-state index is 13.1. The second kappa shape index (κ2) is 5.51. The molecule has 1 fully saturated rings. The Morgan fingerprint density at radius 1 is 1.11 bits per heavy atom. The smallest absolute Gasteiger partial charge is 0.253 e. The second-order valence-corrected chi connectivity index (χ2v) is 4.14. The minimum absolute atomic E-state index is 0.0590. The molecule has 1 saturated carbocycles. The number of rotatable bonds is 6. The molecule has 1 aromatic rings. The van der Waals surface area contributed by atoms with E-state index in [4.69, 9.17) is 4.74 Å². The van der Waals surface area contributed by atoms with Gasteiger partial charge in [0, 0.05) is 13.2 Å². The van der Waals surface area contributed by atoms with E-state index in [0.717, 1.165) is 12.8 Å². The number of anilines is 1. The van der Waals surface area contributed by atoms with Crippen LogP contribution >= 0.6 is 0 Å². The van der Waals surface area contributed by atoms with E-state index in [1.165, 1.54) is 0 Å². The average molecular weight is 264 g/mol. The van der Waals surface area contributed by atoms with Crippen molar-refractivity contribution in [1.82, 2.24) is 4.98 Å². The third-order valence-corrected chi connectivity index (χ3v) is 2.60. The summed E-state index contributed by atoms with van der Waals surface area (Å²) in [5, 5.41) is 2.26. The summed E-state index contributed by atoms with van der Waals surface area (Å²) in [5.74, 6) is -5.83. The third kappa shape index (κ3) is 3.10. The van der Waals surface area contributed by atoms with Gasteiger partial charge in [-0.1, -0.05) is 0 Å². The van der Waals surface area contributed by atoms with Crippen LogP contribution in [0.4, 0.5) is 23.2 Å². The third-order valence-electron chi connectivity index (χ3n) is 2.60. The van der Waals surface area contributed by atoms with Crippen molar-refractivity contribution in [3.8, 4) is 0 Å². The highest BCUT2D eigenvalue weighted by Crippen LogP contribution is 2.28. The summed E-state index contributed by atoms with van der Waals surface area (Å²) in [6.07, 6.45) is 2.27. The number of nitrogens with zero attached hydrogens (tertiary/aromatic N) is 1. The average Bonchev–Trinajstić information content (AvgIpc) is 3.14. The highest BCUT2D eigenvalue weighted by atomic mass is 19.2. The molecule has 3 nitrogen and oxygen atoms in total. The summed E-state index contributed by atoms with van der Waals surface area (Å²) in [6, 6.07) is 0. The zero-order valence-corrected chi connectivity index (χ0v) is 9.48. The summed E-state index contributed by atoms with van der Waals surface area (Å²) in [5.41, 5.74) is -0.852. The number of ether oxygens (including phenoxy) is 1. The minimum atomic E-state index is -1.67. The van der Waals surface area contributed by atoms with Gasteiger partial charge in [-0.05, 0) is 18.8 Å². The fourth-order valence-electron chi connectivity index (χ4n) is 1.42. The molecule has 0 aliphatic heterocycles. The van der Waals surface area contributed by atoms with E-state index in [9.17, 15) is 17.6 Å². The molecule has 1 aliphatic rings. The molecule has 1 aromatic heterocycles. The van der Waals surface area contributed by atoms with E-state index in [1.807, 2.05) is 0 Å². The van der Waals surface area contributed by atoms with Crippen LogP contribution in [0.1, 0.15) is 12.8 Å². The van der Waals surface area contributed by atoms with E-state index < -0.39 is 29.2 Å². The molecule has 0 atom stereocenters. The van der Waals surface area contributed by atoms with Gasteiger partial charge in [-0.25, -0.2) is 0 Å². The summed E-state index contributed by atoms with van der Waals surface area (Å²) in [7, 11) is 0. The zero-order valence-electron chi connectivity index (χ0n) is 9.48. The predicted octanol–water partition coefficient (Wildman–Crippen LogP) is 2.48. The van der Waals surface area contributed by atoms with Crippen molar-refractivity contribution < 1.29 is 22.3 Å². The maximum atomic E-state index is 13.1. The highest BCUT2D eigenvalue weighted by molar-refractivity contribution is 5.45. The van der Waals surface area contributed by atoms with Crippen LogP contribution in [0.15, 0.2) is 0 Å². The quantitative estimate of drug-likeness (QED) is 0.487. The second-order valence-electron chi connectivity index (χ2n) is 4.14. The number of pyridine rings is 1. The monoisotopic (exact) mass is 264 g/mol. The van der Waals surface area contributed by atoms with Gasteiger partial charge in [-0.2, -0.15) is 22.5 Å². The van der Waals surface area contributed by atoms with E-state index in [0.29, 0.717) is 12.5 Å². The Labute approximate surface area is 101 Å². The van der Waals surface area contributed by atoms with E-state index in [-0.39, 0.29) is 13.2 Å². The molecular weight excluding hydrogens is 252 g/mol. The highest BCUT2D eigenvalue weighted by Gasteiger charge is 2.22. The van der Waals surface area contributed by atoms with Crippen LogP contribution in [0.25, 0.3) is 0 Å². The molecule has 0 saturated heterocycles. The van der Waals surface area contributed by atoms with E-state index in [1.54, 1.807) is 0 Å². The van der Waals surface area contributed by atoms with Crippen LogP contribution in [0.5, 0.6) is 0 Å². The van der Waals surface area contributed by atoms with Crippen LogP contribution in [-0.4, -0.2) is 24.7 Å². The van der Waals surface area contributed by atoms with Crippen molar-refractivity contribution in [3.63, 3.8) is 0 Å². The fourth-order valence-corrected chi connectivity index (χ4v) is 1.42. The number of hydrogen-bond donors (Lipinski definition) is 1. The Hall–Kier alpha value is -1.37. The Morgan fingerprint density at radius 2 is 1.72 bits per heavy atom. The van der Waals surface area contributed by atoms with Crippen molar-refractivity contribution in [2.75, 3.05) is 25.1 Å². The van der Waals surface area contributed by atoms with Crippen LogP contribution in [-0.2, 0) is 4.74 Å². The Bertz CT molecular complexity index is 411. The standard InChI is InChI=1S/C11H12F4N2O/c12-7-9(8(13)11(15)17-10(7)14)16-3-4-18-5-6-1-2-6/h6H,1-5H2,(H,16,17). The summed E-state index contributed by atoms with van der Waals surface area (Å²) in [4.78, 5) is 2.45. The van der Waals surface area contributed by atoms with Crippen molar-refractivity contribution in [3.05, 3.63) is 23.5 Å². The number of hydrogen-bond acceptors (Lipinski definition) is 3. The first-order valence-corrected chi connectivity index (χ1v) is 5.61. The van der Waals surface area contributed by atoms with Gasteiger partial charge >= 0.3 is 0 Å². The lowest BCUT2D eigenvalue weighted by Crippen LogP contribution is -2.15. The molecule has 0 aromatic carbocycles. The van der Waals surface area contributed by atoms with Crippen LogP contribution < -0.4 is 5.32 Å². The fraction of sp³-hybridized carbons (Fsp3) is 0.545. The Morgan fingerprint density at radius 3 is 2.28 bits per heavy atom. The lowest BCUT2D eigenvalue weighted by Gasteiger charge is -2.09. The molecular formula is C11H12F4N2O. The molecule has 0 radical (unpaired) electrons. The van der Waals surface area contributed by atoms with Gasteiger partial charge in [0.25, 0.3) is 11.9 Å². The molecule has 7 heteroatoms. The molecule has 1 N–H and O–H groups in total. The van der Waals surface area contributed by atoms with E-state index in [2.05, 4.69) is 10.3 Å². The van der Waals surface area contributed by atoms with Gasteiger partial charge in [0.2, 0.25) is 11.6 Å². The van der Waals surface area contributed by atoms with Gasteiger partial charge in [0.1, 0.15) is 5.69 Å². The predicted molar refractivity (Wildman–Crippen MR) is 56.1 cm³/mol. The first-order chi connectivity index (χ1) is 8.59. The normalized spacial score (nSPS) is 14.9. The first-order valence-electron chi connectivity index (χ1n) is 5.61. The topological polar surface area (TPSA) is 34.2 Å². The summed E-state index contributed by atoms with van der Waals surface area (Å²) < 4.78 is 57.0. The van der Waals surface area contributed by atoms with Crippen molar-refractivity contribution in [2.45, 2.75) is 12.8 Å². The van der Waals surface area contributed by atoms with Gasteiger partial charge in [0.15, 0.2) is 0 Å². The van der Waals surface area contributed by atoms with Gasteiger partial charge in [-0.15, -0.1) is 0 Å². The Balaban J connectivity index is 1.87. The minimum Gasteiger partial charge on any atom is -0.379 e. The van der Waals surface area contributed by atoms with Gasteiger partial charge in [0.05, 0.1) is 6.61 Å². The zero-order chi connectivity index (χ0) is 13.1. The lowest BCUT2D eigenvalue weighted by atomic mass is 10.3. The Kier molecular flexibility index (Phi) is 4.00. The molecule has 0 unspecified atom stereocenters. The maximum Gasteiger partial charge on any atom is 0.253 e. The van der Waals surface area contributed by atoms with Gasteiger partial charge < -0.3 is 10.1 Å². The molecule has 1 heterocycles. The van der Waals surface area contributed by atoms with Crippen molar-refractivity contribution in [1.29, 1.82) is 0 Å². The summed E-state index contributed by atoms with van der Waals surface area (Å²) >= 11 is 0. The largest absolute Gasteiger partial charge is 0.379 e. The molecule has 18 heavy (non-hydrogen) atoms. The van der Waals surface area contributed by atoms with Crippen molar-refractivity contribution in [2.24, 2.45) is 5.92 Å². The number of halogens is 4. The SMILES string of the molecule is Fc1nc(F)c(F)c(NCCOCC2CC2)c1F. The first kappa shape index (κ1) is 13.1. The molecule has 0 spiro atoms. The van der Waals surface area contributed by atoms with Crippen LogP contribution in [0.3, 0.4) is 0 Å². The van der Waals surface area contributed by atoms with Gasteiger partial charge in [-0.3, -0.25) is 0 Å². The molecule has 1 aliphatic carbocycles.